The zero-order valence-electron chi connectivity index (χ0n) is 17.0. The highest BCUT2D eigenvalue weighted by molar-refractivity contribution is 5.94. The Kier molecular flexibility index (Phi) is 5.44. The molecule has 1 unspecified atom stereocenters. The number of fused-ring (bicyclic) bond motifs is 1. The Balaban J connectivity index is 1.76. The first-order chi connectivity index (χ1) is 14.7. The number of aryl methyl sites for hydroxylation is 1. The Morgan fingerprint density at radius 1 is 1.27 bits per heavy atom. The number of benzene rings is 2. The zero-order valence-corrected chi connectivity index (χ0v) is 17.0. The number of hydrogen-bond acceptors (Lipinski definition) is 4. The second-order valence-corrected chi connectivity index (χ2v) is 7.05. The van der Waals surface area contributed by atoms with Crippen LogP contribution in [0.4, 0.5) is 5.82 Å². The van der Waals surface area contributed by atoms with Gasteiger partial charge in [0.05, 0.1) is 19.0 Å². The van der Waals surface area contributed by atoms with Gasteiger partial charge in [0.15, 0.2) is 11.5 Å². The van der Waals surface area contributed by atoms with Gasteiger partial charge in [-0.05, 0) is 35.7 Å². The van der Waals surface area contributed by atoms with Crippen LogP contribution in [0.15, 0.2) is 48.7 Å². The molecule has 1 N–H and O–H groups in total. The lowest BCUT2D eigenvalue weighted by molar-refractivity contribution is -0.116. The summed E-state index contributed by atoms with van der Waals surface area (Å²) in [6.45, 7) is 2.27. The molecule has 0 fully saturated rings. The largest absolute Gasteiger partial charge is 0.493 e. The standard InChI is InChI=1S/C24H23N3O3/c1-4-12-30-21-11-10-17(13-22(21)29-3)18-14-23(28)26-24-19(18)15-25-27(24)20-9-7-6-8-16(20)5-2/h1,6-11,13,15,18H,5,12,14H2,2-3H3,(H,26,28). The number of para-hydroxylation sites is 1. The number of carbonyl (C=O) groups is 1. The number of nitrogens with zero attached hydrogens (tertiary/aromatic N) is 2. The van der Waals surface area contributed by atoms with E-state index in [4.69, 9.17) is 15.9 Å². The van der Waals surface area contributed by atoms with Crippen molar-refractivity contribution >= 4 is 11.7 Å². The van der Waals surface area contributed by atoms with E-state index in [0.29, 0.717) is 23.7 Å². The normalized spacial score (nSPS) is 15.1. The monoisotopic (exact) mass is 401 g/mol. The summed E-state index contributed by atoms with van der Waals surface area (Å²) in [5.74, 6) is 4.14. The van der Waals surface area contributed by atoms with Crippen LogP contribution in [0, 0.1) is 12.3 Å². The number of amides is 1. The van der Waals surface area contributed by atoms with Crippen molar-refractivity contribution in [2.24, 2.45) is 0 Å². The average molecular weight is 401 g/mol. The molecule has 6 heteroatoms. The summed E-state index contributed by atoms with van der Waals surface area (Å²) < 4.78 is 12.8. The van der Waals surface area contributed by atoms with Crippen molar-refractivity contribution in [2.75, 3.05) is 19.0 Å². The molecule has 0 saturated heterocycles. The Labute approximate surface area is 175 Å². The summed E-state index contributed by atoms with van der Waals surface area (Å²) in [5.41, 5.74) is 4.06. The van der Waals surface area contributed by atoms with E-state index in [1.807, 2.05) is 47.3 Å². The Morgan fingerprint density at radius 3 is 2.87 bits per heavy atom. The Hall–Kier alpha value is -3.72. The molecule has 30 heavy (non-hydrogen) atoms. The Morgan fingerprint density at radius 2 is 2.10 bits per heavy atom. The summed E-state index contributed by atoms with van der Waals surface area (Å²) in [4.78, 5) is 12.6. The SMILES string of the molecule is C#CCOc1ccc(C2CC(=O)Nc3c2cnn3-c2ccccc2CC)cc1OC. The van der Waals surface area contributed by atoms with Gasteiger partial charge in [0.1, 0.15) is 12.4 Å². The van der Waals surface area contributed by atoms with Gasteiger partial charge in [-0.1, -0.05) is 37.1 Å². The first kappa shape index (κ1) is 19.6. The third-order valence-corrected chi connectivity index (χ3v) is 5.32. The van der Waals surface area contributed by atoms with E-state index in [-0.39, 0.29) is 18.4 Å². The van der Waals surface area contributed by atoms with E-state index in [2.05, 4.69) is 29.3 Å². The molecule has 4 rings (SSSR count). The van der Waals surface area contributed by atoms with E-state index >= 15 is 0 Å². The van der Waals surface area contributed by atoms with Crippen molar-refractivity contribution < 1.29 is 14.3 Å². The van der Waals surface area contributed by atoms with Gasteiger partial charge in [0.25, 0.3) is 0 Å². The number of anilines is 1. The maximum Gasteiger partial charge on any atom is 0.226 e. The molecule has 0 spiro atoms. The highest BCUT2D eigenvalue weighted by atomic mass is 16.5. The van der Waals surface area contributed by atoms with Gasteiger partial charge in [-0.15, -0.1) is 6.42 Å². The molecule has 152 valence electrons. The minimum absolute atomic E-state index is 0.0464. The highest BCUT2D eigenvalue weighted by Gasteiger charge is 2.31. The van der Waals surface area contributed by atoms with Crippen molar-refractivity contribution in [2.45, 2.75) is 25.7 Å². The number of methoxy groups -OCH3 is 1. The molecule has 2 heterocycles. The van der Waals surface area contributed by atoms with Crippen LogP contribution in [-0.4, -0.2) is 29.4 Å². The van der Waals surface area contributed by atoms with Crippen molar-refractivity contribution in [3.8, 4) is 29.5 Å². The lowest BCUT2D eigenvalue weighted by atomic mass is 9.87. The number of aromatic nitrogens is 2. The summed E-state index contributed by atoms with van der Waals surface area (Å²) in [6.07, 6.45) is 8.33. The van der Waals surface area contributed by atoms with E-state index in [1.54, 1.807) is 7.11 Å². The highest BCUT2D eigenvalue weighted by Crippen LogP contribution is 2.41. The van der Waals surface area contributed by atoms with Crippen LogP contribution in [0.3, 0.4) is 0 Å². The smallest absolute Gasteiger partial charge is 0.226 e. The van der Waals surface area contributed by atoms with Crippen LogP contribution in [-0.2, 0) is 11.2 Å². The molecular formula is C24H23N3O3. The lowest BCUT2D eigenvalue weighted by Gasteiger charge is -2.25. The van der Waals surface area contributed by atoms with Gasteiger partial charge < -0.3 is 14.8 Å². The second-order valence-electron chi connectivity index (χ2n) is 7.05. The van der Waals surface area contributed by atoms with Gasteiger partial charge in [-0.3, -0.25) is 4.79 Å². The minimum Gasteiger partial charge on any atom is -0.493 e. The third kappa shape index (κ3) is 3.50. The fourth-order valence-electron chi connectivity index (χ4n) is 3.86. The van der Waals surface area contributed by atoms with E-state index in [1.165, 1.54) is 0 Å². The molecule has 1 aromatic heterocycles. The van der Waals surface area contributed by atoms with Crippen LogP contribution >= 0.6 is 0 Å². The second kappa shape index (κ2) is 8.34. The first-order valence-electron chi connectivity index (χ1n) is 9.86. The number of terminal acetylenes is 1. The molecule has 1 atom stereocenters. The number of rotatable bonds is 6. The molecule has 0 radical (unpaired) electrons. The van der Waals surface area contributed by atoms with Gasteiger partial charge in [0.2, 0.25) is 5.91 Å². The van der Waals surface area contributed by atoms with Gasteiger partial charge in [0, 0.05) is 17.9 Å². The number of hydrogen-bond donors (Lipinski definition) is 1. The topological polar surface area (TPSA) is 65.4 Å². The third-order valence-electron chi connectivity index (χ3n) is 5.32. The molecule has 0 saturated carbocycles. The van der Waals surface area contributed by atoms with Crippen molar-refractivity contribution in [3.05, 3.63) is 65.4 Å². The van der Waals surface area contributed by atoms with Crippen LogP contribution in [0.1, 0.15) is 36.0 Å². The van der Waals surface area contributed by atoms with Gasteiger partial charge >= 0.3 is 0 Å². The average Bonchev–Trinajstić information content (AvgIpc) is 3.20. The number of carbonyl (C=O) groups excluding carboxylic acids is 1. The predicted octanol–water partition coefficient (Wildman–Crippen LogP) is 3.93. The molecule has 3 aromatic rings. The molecule has 0 bridgehead atoms. The molecule has 1 amide bonds. The maximum atomic E-state index is 12.6. The lowest BCUT2D eigenvalue weighted by Crippen LogP contribution is -2.24. The van der Waals surface area contributed by atoms with Crippen molar-refractivity contribution in [1.29, 1.82) is 0 Å². The summed E-state index contributed by atoms with van der Waals surface area (Å²) >= 11 is 0. The summed E-state index contributed by atoms with van der Waals surface area (Å²) in [6, 6.07) is 13.7. The quantitative estimate of drug-likeness (QED) is 0.636. The van der Waals surface area contributed by atoms with Crippen molar-refractivity contribution in [3.63, 3.8) is 0 Å². The van der Waals surface area contributed by atoms with E-state index in [0.717, 1.165) is 28.8 Å². The van der Waals surface area contributed by atoms with Gasteiger partial charge in [-0.2, -0.15) is 5.10 Å². The molecular weight excluding hydrogens is 378 g/mol. The summed E-state index contributed by atoms with van der Waals surface area (Å²) in [5, 5.41) is 7.62. The fraction of sp³-hybridized carbons (Fsp3) is 0.250. The molecule has 1 aliphatic heterocycles. The Bertz CT molecular complexity index is 1130. The zero-order chi connectivity index (χ0) is 21.1. The maximum absolute atomic E-state index is 12.6. The minimum atomic E-state index is -0.133. The fourth-order valence-corrected chi connectivity index (χ4v) is 3.86. The predicted molar refractivity (Wildman–Crippen MR) is 115 cm³/mol. The van der Waals surface area contributed by atoms with E-state index in [9.17, 15) is 4.79 Å². The molecule has 1 aliphatic rings. The number of nitrogens with one attached hydrogen (secondary N) is 1. The van der Waals surface area contributed by atoms with Gasteiger partial charge in [-0.25, -0.2) is 4.68 Å². The van der Waals surface area contributed by atoms with Crippen LogP contribution < -0.4 is 14.8 Å². The number of ether oxygens (including phenoxy) is 2. The summed E-state index contributed by atoms with van der Waals surface area (Å²) in [7, 11) is 1.58. The van der Waals surface area contributed by atoms with Crippen molar-refractivity contribution in [1.82, 2.24) is 9.78 Å². The van der Waals surface area contributed by atoms with Crippen LogP contribution in [0.25, 0.3) is 5.69 Å². The molecule has 6 nitrogen and oxygen atoms in total. The van der Waals surface area contributed by atoms with E-state index < -0.39 is 0 Å². The van der Waals surface area contributed by atoms with Crippen LogP contribution in [0.2, 0.25) is 0 Å². The first-order valence-corrected chi connectivity index (χ1v) is 9.86. The molecule has 2 aromatic carbocycles. The van der Waals surface area contributed by atoms with Crippen LogP contribution in [0.5, 0.6) is 11.5 Å². The molecule has 0 aliphatic carbocycles.